The van der Waals surface area contributed by atoms with E-state index in [-0.39, 0.29) is 0 Å². The highest BCUT2D eigenvalue weighted by molar-refractivity contribution is 7.80. The van der Waals surface area contributed by atoms with E-state index in [0.717, 1.165) is 12.1 Å². The molecule has 5 heteroatoms. The van der Waals surface area contributed by atoms with E-state index in [9.17, 15) is 0 Å². The maximum absolute atomic E-state index is 4.92. The second kappa shape index (κ2) is 6.04. The smallest absolute Gasteiger partial charge is 0.186 e. The zero-order valence-electron chi connectivity index (χ0n) is 7.90. The molecule has 1 heterocycles. The van der Waals surface area contributed by atoms with E-state index in [1.165, 1.54) is 0 Å². The quantitative estimate of drug-likeness (QED) is 0.440. The van der Waals surface area contributed by atoms with E-state index in [0.29, 0.717) is 5.11 Å². The maximum Gasteiger partial charge on any atom is 0.186 e. The van der Waals surface area contributed by atoms with Gasteiger partial charge in [-0.05, 0) is 36.8 Å². The van der Waals surface area contributed by atoms with Crippen LogP contribution in [0.4, 0.5) is 0 Å². The van der Waals surface area contributed by atoms with Crippen molar-refractivity contribution >= 4 is 23.5 Å². The third-order valence-corrected chi connectivity index (χ3v) is 1.66. The van der Waals surface area contributed by atoms with Gasteiger partial charge in [-0.1, -0.05) is 0 Å². The van der Waals surface area contributed by atoms with Gasteiger partial charge in [-0.2, -0.15) is 5.10 Å². The van der Waals surface area contributed by atoms with Crippen molar-refractivity contribution in [1.29, 1.82) is 0 Å². The zero-order valence-corrected chi connectivity index (χ0v) is 8.71. The second-order valence-electron chi connectivity index (χ2n) is 2.51. The number of aromatic nitrogens is 1. The summed E-state index contributed by atoms with van der Waals surface area (Å²) >= 11 is 4.92. The van der Waals surface area contributed by atoms with Gasteiger partial charge in [-0.3, -0.25) is 10.4 Å². The Morgan fingerprint density at radius 3 is 2.93 bits per heavy atom. The molecule has 0 aromatic carbocycles. The first kappa shape index (κ1) is 10.6. The van der Waals surface area contributed by atoms with Crippen LogP contribution < -0.4 is 10.7 Å². The normalized spacial score (nSPS) is 10.1. The summed E-state index contributed by atoms with van der Waals surface area (Å²) in [5.41, 5.74) is 3.68. The molecule has 1 rings (SSSR count). The van der Waals surface area contributed by atoms with Crippen LogP contribution in [0.15, 0.2) is 29.6 Å². The van der Waals surface area contributed by atoms with Crippen LogP contribution >= 0.6 is 12.2 Å². The highest BCUT2D eigenvalue weighted by atomic mass is 32.1. The number of pyridine rings is 1. The van der Waals surface area contributed by atoms with Crippen molar-refractivity contribution in [3.05, 3.63) is 30.1 Å². The molecule has 0 fully saturated rings. The standard InChI is InChI=1S/C9H12N4S/c1-2-11-9(14)13-12-7-8-3-5-10-6-4-8/h3-7H,2H2,1H3,(H2,11,13,14). The number of hydrogen-bond donors (Lipinski definition) is 2. The van der Waals surface area contributed by atoms with Crippen LogP contribution in [-0.4, -0.2) is 22.9 Å². The van der Waals surface area contributed by atoms with Gasteiger partial charge in [0, 0.05) is 18.9 Å². The van der Waals surface area contributed by atoms with Gasteiger partial charge in [0.05, 0.1) is 6.21 Å². The Balaban J connectivity index is 2.38. The fraction of sp³-hybridized carbons (Fsp3) is 0.222. The second-order valence-corrected chi connectivity index (χ2v) is 2.92. The van der Waals surface area contributed by atoms with Crippen molar-refractivity contribution in [2.45, 2.75) is 6.92 Å². The molecule has 0 saturated heterocycles. The Labute approximate surface area is 88.4 Å². The van der Waals surface area contributed by atoms with Crippen LogP contribution in [0.3, 0.4) is 0 Å². The predicted octanol–water partition coefficient (Wildman–Crippen LogP) is 0.900. The van der Waals surface area contributed by atoms with Crippen LogP contribution in [0.2, 0.25) is 0 Å². The monoisotopic (exact) mass is 208 g/mol. The lowest BCUT2D eigenvalue weighted by Crippen LogP contribution is -2.31. The van der Waals surface area contributed by atoms with Gasteiger partial charge in [0.2, 0.25) is 0 Å². The first-order valence-corrected chi connectivity index (χ1v) is 4.70. The third-order valence-electron chi connectivity index (χ3n) is 1.42. The van der Waals surface area contributed by atoms with Crippen LogP contribution in [0, 0.1) is 0 Å². The lowest BCUT2D eigenvalue weighted by atomic mass is 10.3. The molecular weight excluding hydrogens is 196 g/mol. The molecule has 0 aliphatic rings. The molecule has 0 saturated carbocycles. The number of nitrogens with zero attached hydrogens (tertiary/aromatic N) is 2. The van der Waals surface area contributed by atoms with Gasteiger partial charge in [0.1, 0.15) is 0 Å². The summed E-state index contributed by atoms with van der Waals surface area (Å²) < 4.78 is 0. The van der Waals surface area contributed by atoms with E-state index in [2.05, 4.69) is 20.8 Å². The van der Waals surface area contributed by atoms with Crippen LogP contribution in [0.25, 0.3) is 0 Å². The van der Waals surface area contributed by atoms with Crippen molar-refractivity contribution in [3.8, 4) is 0 Å². The van der Waals surface area contributed by atoms with E-state index < -0.39 is 0 Å². The van der Waals surface area contributed by atoms with Gasteiger partial charge in [0.25, 0.3) is 0 Å². The molecule has 0 aliphatic heterocycles. The van der Waals surface area contributed by atoms with Crippen molar-refractivity contribution < 1.29 is 0 Å². The van der Waals surface area contributed by atoms with Crippen molar-refractivity contribution in [2.24, 2.45) is 5.10 Å². The lowest BCUT2D eigenvalue weighted by Gasteiger charge is -2.02. The molecule has 0 radical (unpaired) electrons. The number of thiocarbonyl (C=S) groups is 1. The van der Waals surface area contributed by atoms with Crippen LogP contribution in [-0.2, 0) is 0 Å². The molecule has 2 N–H and O–H groups in total. The Morgan fingerprint density at radius 2 is 2.29 bits per heavy atom. The molecule has 14 heavy (non-hydrogen) atoms. The summed E-state index contributed by atoms with van der Waals surface area (Å²) in [5, 5.41) is 7.41. The molecule has 4 nitrogen and oxygen atoms in total. The van der Waals surface area contributed by atoms with E-state index in [4.69, 9.17) is 12.2 Å². The molecular formula is C9H12N4S. The van der Waals surface area contributed by atoms with Gasteiger partial charge in [-0.25, -0.2) is 0 Å². The highest BCUT2D eigenvalue weighted by Gasteiger charge is 1.87. The summed E-state index contributed by atoms with van der Waals surface area (Å²) in [5.74, 6) is 0. The maximum atomic E-state index is 4.92. The summed E-state index contributed by atoms with van der Waals surface area (Å²) in [6.07, 6.45) is 5.11. The molecule has 1 aromatic heterocycles. The summed E-state index contributed by atoms with van der Waals surface area (Å²) in [6.45, 7) is 2.76. The predicted molar refractivity (Wildman–Crippen MR) is 61.2 cm³/mol. The Kier molecular flexibility index (Phi) is 4.57. The van der Waals surface area contributed by atoms with Gasteiger partial charge in [-0.15, -0.1) is 0 Å². The van der Waals surface area contributed by atoms with Crippen LogP contribution in [0.1, 0.15) is 12.5 Å². The van der Waals surface area contributed by atoms with Crippen molar-refractivity contribution in [1.82, 2.24) is 15.7 Å². The molecule has 74 valence electrons. The minimum absolute atomic E-state index is 0.526. The molecule has 0 aliphatic carbocycles. The number of hydrazone groups is 1. The van der Waals surface area contributed by atoms with Gasteiger partial charge >= 0.3 is 0 Å². The minimum Gasteiger partial charge on any atom is -0.362 e. The van der Waals surface area contributed by atoms with Gasteiger partial charge in [0.15, 0.2) is 5.11 Å². The average molecular weight is 208 g/mol. The minimum atomic E-state index is 0.526. The fourth-order valence-electron chi connectivity index (χ4n) is 0.815. The van der Waals surface area contributed by atoms with E-state index in [1.807, 2.05) is 19.1 Å². The molecule has 0 spiro atoms. The number of nitrogens with one attached hydrogen (secondary N) is 2. The van der Waals surface area contributed by atoms with E-state index >= 15 is 0 Å². The zero-order chi connectivity index (χ0) is 10.2. The van der Waals surface area contributed by atoms with E-state index in [1.54, 1.807) is 18.6 Å². The first-order chi connectivity index (χ1) is 6.83. The third kappa shape index (κ3) is 3.95. The largest absolute Gasteiger partial charge is 0.362 e. The Morgan fingerprint density at radius 1 is 1.57 bits per heavy atom. The molecule has 1 aromatic rings. The topological polar surface area (TPSA) is 49.3 Å². The van der Waals surface area contributed by atoms with Crippen molar-refractivity contribution in [2.75, 3.05) is 6.54 Å². The Hall–Kier alpha value is -1.49. The number of hydrogen-bond acceptors (Lipinski definition) is 3. The Bertz CT molecular complexity index is 310. The summed E-state index contributed by atoms with van der Waals surface area (Å²) in [4.78, 5) is 3.90. The number of rotatable bonds is 3. The summed E-state index contributed by atoms with van der Waals surface area (Å²) in [6, 6.07) is 3.73. The lowest BCUT2D eigenvalue weighted by molar-refractivity contribution is 0.904. The SMILES string of the molecule is CCNC(=S)NN=Cc1ccncc1. The van der Waals surface area contributed by atoms with Crippen molar-refractivity contribution in [3.63, 3.8) is 0 Å². The molecule has 0 bridgehead atoms. The fourth-order valence-corrected chi connectivity index (χ4v) is 1.01. The van der Waals surface area contributed by atoms with Gasteiger partial charge < -0.3 is 5.32 Å². The molecule has 0 unspecified atom stereocenters. The highest BCUT2D eigenvalue weighted by Crippen LogP contribution is 1.89. The average Bonchev–Trinajstić information content (AvgIpc) is 2.20. The first-order valence-electron chi connectivity index (χ1n) is 4.30. The van der Waals surface area contributed by atoms with Crippen LogP contribution in [0.5, 0.6) is 0 Å². The molecule has 0 atom stereocenters. The molecule has 0 amide bonds. The summed E-state index contributed by atoms with van der Waals surface area (Å²) in [7, 11) is 0.